The van der Waals surface area contributed by atoms with E-state index in [1.165, 1.54) is 6.07 Å². The Bertz CT molecular complexity index is 434. The monoisotopic (exact) mass is 265 g/mol. The highest BCUT2D eigenvalue weighted by Gasteiger charge is 2.27. The number of hydrogen-bond donors (Lipinski definition) is 3. The largest absolute Gasteiger partial charge is 0.405 e. The lowest BCUT2D eigenvalue weighted by molar-refractivity contribution is -0.122. The van der Waals surface area contributed by atoms with Crippen LogP contribution in [-0.4, -0.2) is 18.8 Å². The van der Waals surface area contributed by atoms with E-state index in [0.717, 1.165) is 12.1 Å². The van der Waals surface area contributed by atoms with Crippen molar-refractivity contribution in [3.63, 3.8) is 0 Å². The average Bonchev–Trinajstić information content (AvgIpc) is 2.28. The summed E-state index contributed by atoms with van der Waals surface area (Å²) in [5.41, 5.74) is 5.77. The molecule has 0 saturated carbocycles. The molecule has 0 spiro atoms. The molecule has 0 bridgehead atoms. The summed E-state index contributed by atoms with van der Waals surface area (Å²) in [6.07, 6.45) is -4.49. The van der Waals surface area contributed by atoms with Gasteiger partial charge in [-0.3, -0.25) is 0 Å². The van der Waals surface area contributed by atoms with E-state index in [1.807, 2.05) is 0 Å². The Morgan fingerprint density at radius 3 is 2.56 bits per heavy atom. The van der Waals surface area contributed by atoms with Crippen LogP contribution in [0.2, 0.25) is 0 Å². The van der Waals surface area contributed by atoms with Gasteiger partial charge >= 0.3 is 12.2 Å². The molecule has 1 aromatic carbocycles. The number of hydrogen-bond acceptors (Lipinski definition) is 2. The quantitative estimate of drug-likeness (QED) is 0.731. The molecule has 100 valence electrons. The van der Waals surface area contributed by atoms with Gasteiger partial charge in [0.05, 0.1) is 0 Å². The zero-order chi connectivity index (χ0) is 13.8. The fourth-order valence-electron chi connectivity index (χ4n) is 1.20. The minimum Gasteiger partial charge on any atom is -0.329 e. The van der Waals surface area contributed by atoms with Crippen molar-refractivity contribution in [2.75, 3.05) is 11.9 Å². The molecule has 4 N–H and O–H groups in total. The number of amides is 2. The minimum atomic E-state index is -4.49. The van der Waals surface area contributed by atoms with Gasteiger partial charge < -0.3 is 16.4 Å². The van der Waals surface area contributed by atoms with Crippen molar-refractivity contribution < 1.29 is 22.4 Å². The Morgan fingerprint density at radius 1 is 1.33 bits per heavy atom. The van der Waals surface area contributed by atoms with Gasteiger partial charge in [0.25, 0.3) is 0 Å². The van der Waals surface area contributed by atoms with Crippen molar-refractivity contribution in [1.82, 2.24) is 5.32 Å². The number of halogens is 4. The number of urea groups is 1. The molecule has 0 aliphatic heterocycles. The molecule has 1 aromatic rings. The first kappa shape index (κ1) is 14.2. The maximum absolute atomic E-state index is 12.8. The molecule has 0 unspecified atom stereocenters. The number of carbonyl (C=O) groups is 1. The summed E-state index contributed by atoms with van der Waals surface area (Å²) in [6, 6.07) is 2.36. The number of nitrogens with one attached hydrogen (secondary N) is 2. The Morgan fingerprint density at radius 2 is 2.00 bits per heavy atom. The number of carbonyl (C=O) groups excluding carboxylic acids is 1. The van der Waals surface area contributed by atoms with Gasteiger partial charge in [-0.1, -0.05) is 0 Å². The SMILES string of the molecule is NCc1cc(F)ccc1NC(=O)NCC(F)(F)F. The van der Waals surface area contributed by atoms with Crippen LogP contribution in [0, 0.1) is 5.82 Å². The van der Waals surface area contributed by atoms with Gasteiger partial charge in [-0.15, -0.1) is 0 Å². The lowest BCUT2D eigenvalue weighted by Crippen LogP contribution is -2.36. The van der Waals surface area contributed by atoms with E-state index in [2.05, 4.69) is 5.32 Å². The van der Waals surface area contributed by atoms with E-state index in [-0.39, 0.29) is 17.8 Å². The third kappa shape index (κ3) is 4.58. The van der Waals surface area contributed by atoms with Crippen molar-refractivity contribution >= 4 is 11.7 Å². The van der Waals surface area contributed by atoms with E-state index < -0.39 is 24.6 Å². The molecule has 0 fully saturated rings. The minimum absolute atomic E-state index is 0.0490. The topological polar surface area (TPSA) is 67.1 Å². The van der Waals surface area contributed by atoms with Crippen LogP contribution in [0.3, 0.4) is 0 Å². The maximum Gasteiger partial charge on any atom is 0.405 e. The fraction of sp³-hybridized carbons (Fsp3) is 0.300. The van der Waals surface area contributed by atoms with E-state index in [9.17, 15) is 22.4 Å². The van der Waals surface area contributed by atoms with E-state index in [4.69, 9.17) is 5.73 Å². The van der Waals surface area contributed by atoms with E-state index >= 15 is 0 Å². The Labute approximate surface area is 100 Å². The van der Waals surface area contributed by atoms with Gasteiger partial charge in [-0.05, 0) is 23.8 Å². The highest BCUT2D eigenvalue weighted by molar-refractivity contribution is 5.90. The number of rotatable bonds is 3. The van der Waals surface area contributed by atoms with E-state index in [1.54, 1.807) is 5.32 Å². The Balaban J connectivity index is 2.64. The molecule has 8 heteroatoms. The molecule has 0 radical (unpaired) electrons. The lowest BCUT2D eigenvalue weighted by Gasteiger charge is -2.12. The van der Waals surface area contributed by atoms with Crippen molar-refractivity contribution in [1.29, 1.82) is 0 Å². The van der Waals surface area contributed by atoms with Gasteiger partial charge in [0.1, 0.15) is 12.4 Å². The highest BCUT2D eigenvalue weighted by Crippen LogP contribution is 2.17. The average molecular weight is 265 g/mol. The fourth-order valence-corrected chi connectivity index (χ4v) is 1.20. The molecular formula is C10H11F4N3O. The molecule has 0 aliphatic carbocycles. The molecule has 0 heterocycles. The third-order valence-electron chi connectivity index (χ3n) is 1.98. The van der Waals surface area contributed by atoms with Crippen LogP contribution in [0.1, 0.15) is 5.56 Å². The standard InChI is InChI=1S/C10H11F4N3O/c11-7-1-2-8(6(3-7)4-15)17-9(18)16-5-10(12,13)14/h1-3H,4-5,15H2,(H2,16,17,18). The molecule has 18 heavy (non-hydrogen) atoms. The number of benzene rings is 1. The number of alkyl halides is 3. The first-order chi connectivity index (χ1) is 8.31. The van der Waals surface area contributed by atoms with Gasteiger partial charge in [-0.25, -0.2) is 9.18 Å². The molecule has 0 atom stereocenters. The predicted octanol–water partition coefficient (Wildman–Crippen LogP) is 1.97. The summed E-state index contributed by atoms with van der Waals surface area (Å²) in [5.74, 6) is -0.545. The van der Waals surface area contributed by atoms with Gasteiger partial charge in [0, 0.05) is 12.2 Å². The summed E-state index contributed by atoms with van der Waals surface area (Å²) in [5, 5.41) is 3.79. The molecule has 0 aromatic heterocycles. The van der Waals surface area contributed by atoms with Gasteiger partial charge in [0.2, 0.25) is 0 Å². The second-order valence-electron chi connectivity index (χ2n) is 3.43. The molecular weight excluding hydrogens is 254 g/mol. The summed E-state index contributed by atoms with van der Waals surface area (Å²) in [7, 11) is 0. The molecule has 0 aliphatic rings. The molecule has 0 saturated heterocycles. The van der Waals surface area contributed by atoms with Crippen LogP contribution in [0.5, 0.6) is 0 Å². The number of anilines is 1. The first-order valence-corrected chi connectivity index (χ1v) is 4.92. The molecule has 4 nitrogen and oxygen atoms in total. The predicted molar refractivity (Wildman–Crippen MR) is 57.4 cm³/mol. The molecule has 1 rings (SSSR count). The first-order valence-electron chi connectivity index (χ1n) is 4.92. The zero-order valence-corrected chi connectivity index (χ0v) is 9.14. The molecule has 2 amide bonds. The van der Waals surface area contributed by atoms with Crippen molar-refractivity contribution in [2.24, 2.45) is 5.73 Å². The highest BCUT2D eigenvalue weighted by atomic mass is 19.4. The summed E-state index contributed by atoms with van der Waals surface area (Å²) in [4.78, 5) is 11.2. The van der Waals surface area contributed by atoms with Crippen molar-refractivity contribution in [3.8, 4) is 0 Å². The second-order valence-corrected chi connectivity index (χ2v) is 3.43. The lowest BCUT2D eigenvalue weighted by atomic mass is 10.2. The van der Waals surface area contributed by atoms with Crippen LogP contribution in [0.15, 0.2) is 18.2 Å². The van der Waals surface area contributed by atoms with Crippen LogP contribution in [-0.2, 0) is 6.54 Å². The maximum atomic E-state index is 12.8. The van der Waals surface area contributed by atoms with Crippen LogP contribution in [0.25, 0.3) is 0 Å². The normalized spacial score (nSPS) is 11.2. The number of nitrogens with two attached hydrogens (primary N) is 1. The summed E-state index contributed by atoms with van der Waals surface area (Å²) >= 11 is 0. The zero-order valence-electron chi connectivity index (χ0n) is 9.14. The van der Waals surface area contributed by atoms with Gasteiger partial charge in [0.15, 0.2) is 0 Å². The smallest absolute Gasteiger partial charge is 0.329 e. The van der Waals surface area contributed by atoms with Crippen LogP contribution < -0.4 is 16.4 Å². The van der Waals surface area contributed by atoms with Crippen molar-refractivity contribution in [2.45, 2.75) is 12.7 Å². The third-order valence-corrected chi connectivity index (χ3v) is 1.98. The van der Waals surface area contributed by atoms with Crippen molar-refractivity contribution in [3.05, 3.63) is 29.6 Å². The Hall–Kier alpha value is -1.83. The summed E-state index contributed by atoms with van der Waals surface area (Å²) < 4.78 is 48.4. The van der Waals surface area contributed by atoms with Crippen LogP contribution >= 0.6 is 0 Å². The Kier molecular flexibility index (Phi) is 4.49. The van der Waals surface area contributed by atoms with E-state index in [0.29, 0.717) is 0 Å². The summed E-state index contributed by atoms with van der Waals surface area (Å²) in [6.45, 7) is -1.50. The van der Waals surface area contributed by atoms with Crippen LogP contribution in [0.4, 0.5) is 28.0 Å². The van der Waals surface area contributed by atoms with Gasteiger partial charge in [-0.2, -0.15) is 13.2 Å². The second kappa shape index (κ2) is 5.67.